The lowest BCUT2D eigenvalue weighted by Crippen LogP contribution is -2.29. The first-order valence-corrected chi connectivity index (χ1v) is 11.4. The third kappa shape index (κ3) is 3.83. The Hall–Kier alpha value is -2.03. The number of aromatic nitrogens is 2. The Morgan fingerprint density at radius 3 is 2.67 bits per heavy atom. The molecule has 0 radical (unpaired) electrons. The fraction of sp³-hybridized carbons (Fsp3) is 0.368. The van der Waals surface area contributed by atoms with Crippen molar-refractivity contribution < 1.29 is 8.42 Å². The van der Waals surface area contributed by atoms with Gasteiger partial charge in [0, 0.05) is 18.0 Å². The van der Waals surface area contributed by atoms with Crippen LogP contribution in [0.15, 0.2) is 35.2 Å². The molecule has 0 amide bonds. The van der Waals surface area contributed by atoms with Gasteiger partial charge in [0.15, 0.2) is 0 Å². The van der Waals surface area contributed by atoms with E-state index in [9.17, 15) is 8.42 Å². The zero-order valence-electron chi connectivity index (χ0n) is 15.2. The molecule has 2 N–H and O–H groups in total. The Morgan fingerprint density at radius 1 is 1.07 bits per heavy atom. The van der Waals surface area contributed by atoms with Crippen LogP contribution in [0.5, 0.6) is 0 Å². The minimum Gasteiger partial charge on any atom is -0.368 e. The van der Waals surface area contributed by atoms with Crippen LogP contribution in [0.4, 0.5) is 5.82 Å². The first-order chi connectivity index (χ1) is 13.0. The molecule has 0 fully saturated rings. The first-order valence-electron chi connectivity index (χ1n) is 9.12. The van der Waals surface area contributed by atoms with Crippen LogP contribution < -0.4 is 10.0 Å². The molecule has 4 rings (SSSR count). The summed E-state index contributed by atoms with van der Waals surface area (Å²) in [6.45, 7) is 2.64. The van der Waals surface area contributed by atoms with Crippen molar-refractivity contribution >= 4 is 37.4 Å². The summed E-state index contributed by atoms with van der Waals surface area (Å²) in [5.74, 6) is 1.55. The molecule has 0 spiro atoms. The molecule has 27 heavy (non-hydrogen) atoms. The molecule has 0 bridgehead atoms. The van der Waals surface area contributed by atoms with Crippen LogP contribution >= 0.6 is 11.3 Å². The minimum atomic E-state index is -3.49. The molecule has 0 atom stereocenters. The Morgan fingerprint density at radius 2 is 1.85 bits per heavy atom. The highest BCUT2D eigenvalue weighted by molar-refractivity contribution is 7.89. The summed E-state index contributed by atoms with van der Waals surface area (Å²) >= 11 is 1.77. The van der Waals surface area contributed by atoms with E-state index in [-0.39, 0.29) is 11.4 Å². The lowest BCUT2D eigenvalue weighted by molar-refractivity contribution is 0.583. The SMILES string of the molecule is Cc1nc(NCCNS(=O)(=O)c2ccccc2)c2c3c(sc2n1)CCCC3. The fourth-order valence-corrected chi connectivity index (χ4v) is 5.80. The van der Waals surface area contributed by atoms with Gasteiger partial charge >= 0.3 is 0 Å². The summed E-state index contributed by atoms with van der Waals surface area (Å²) in [6, 6.07) is 8.40. The van der Waals surface area contributed by atoms with Gasteiger partial charge in [-0.3, -0.25) is 0 Å². The van der Waals surface area contributed by atoms with Gasteiger partial charge in [-0.05, 0) is 50.3 Å². The molecule has 8 heteroatoms. The predicted octanol–water partition coefficient (Wildman–Crippen LogP) is 3.27. The maximum Gasteiger partial charge on any atom is 0.240 e. The van der Waals surface area contributed by atoms with Gasteiger partial charge in [-0.2, -0.15) is 0 Å². The second kappa shape index (κ2) is 7.53. The molecule has 2 aromatic heterocycles. The average Bonchev–Trinajstić information content (AvgIpc) is 3.04. The molecule has 1 aromatic carbocycles. The molecular formula is C19H22N4O2S2. The first kappa shape index (κ1) is 18.3. The number of aryl methyl sites for hydroxylation is 3. The van der Waals surface area contributed by atoms with Gasteiger partial charge in [0.05, 0.1) is 10.3 Å². The van der Waals surface area contributed by atoms with Crippen LogP contribution in [-0.2, 0) is 22.9 Å². The third-order valence-corrected chi connectivity index (χ3v) is 7.35. The van der Waals surface area contributed by atoms with Crippen molar-refractivity contribution in [2.75, 3.05) is 18.4 Å². The topological polar surface area (TPSA) is 84.0 Å². The zero-order chi connectivity index (χ0) is 18.9. The van der Waals surface area contributed by atoms with E-state index < -0.39 is 10.0 Å². The molecule has 2 heterocycles. The van der Waals surface area contributed by atoms with E-state index in [0.29, 0.717) is 6.54 Å². The largest absolute Gasteiger partial charge is 0.368 e. The predicted molar refractivity (Wildman–Crippen MR) is 109 cm³/mol. The number of benzene rings is 1. The van der Waals surface area contributed by atoms with Crippen molar-refractivity contribution in [3.63, 3.8) is 0 Å². The number of fused-ring (bicyclic) bond motifs is 3. The average molecular weight is 403 g/mol. The van der Waals surface area contributed by atoms with E-state index in [0.717, 1.165) is 34.7 Å². The zero-order valence-corrected chi connectivity index (χ0v) is 16.8. The van der Waals surface area contributed by atoms with E-state index in [1.165, 1.54) is 23.3 Å². The van der Waals surface area contributed by atoms with Gasteiger partial charge < -0.3 is 5.32 Å². The van der Waals surface area contributed by atoms with Crippen LogP contribution in [-0.4, -0.2) is 31.5 Å². The fourth-order valence-electron chi connectivity index (χ4n) is 3.44. The van der Waals surface area contributed by atoms with E-state index in [1.54, 1.807) is 41.7 Å². The summed E-state index contributed by atoms with van der Waals surface area (Å²) in [5.41, 5.74) is 1.37. The molecule has 0 unspecified atom stereocenters. The van der Waals surface area contributed by atoms with Crippen LogP contribution in [0.1, 0.15) is 29.1 Å². The highest BCUT2D eigenvalue weighted by Crippen LogP contribution is 2.38. The van der Waals surface area contributed by atoms with Crippen molar-refractivity contribution in [1.29, 1.82) is 0 Å². The highest BCUT2D eigenvalue weighted by Gasteiger charge is 2.20. The van der Waals surface area contributed by atoms with Gasteiger partial charge in [-0.1, -0.05) is 18.2 Å². The summed E-state index contributed by atoms with van der Waals surface area (Å²) in [4.78, 5) is 11.9. The number of nitrogens with zero attached hydrogens (tertiary/aromatic N) is 2. The van der Waals surface area contributed by atoms with Crippen LogP contribution in [0, 0.1) is 6.92 Å². The number of rotatable bonds is 6. The molecule has 1 aliphatic carbocycles. The molecule has 142 valence electrons. The molecule has 3 aromatic rings. The molecule has 6 nitrogen and oxygen atoms in total. The van der Waals surface area contributed by atoms with E-state index in [2.05, 4.69) is 20.0 Å². The number of thiophene rings is 1. The monoisotopic (exact) mass is 402 g/mol. The van der Waals surface area contributed by atoms with Crippen molar-refractivity contribution in [2.24, 2.45) is 0 Å². The third-order valence-electron chi connectivity index (χ3n) is 4.69. The number of hydrogen-bond acceptors (Lipinski definition) is 6. The number of sulfonamides is 1. The number of anilines is 1. The van der Waals surface area contributed by atoms with Gasteiger partial charge in [0.25, 0.3) is 0 Å². The van der Waals surface area contributed by atoms with E-state index in [1.807, 2.05) is 6.92 Å². The van der Waals surface area contributed by atoms with Crippen LogP contribution in [0.3, 0.4) is 0 Å². The van der Waals surface area contributed by atoms with Gasteiger partial charge in [0.1, 0.15) is 16.5 Å². The van der Waals surface area contributed by atoms with Crippen molar-refractivity contribution in [2.45, 2.75) is 37.5 Å². The molecule has 1 aliphatic rings. The molecular weight excluding hydrogens is 380 g/mol. The maximum absolute atomic E-state index is 12.3. The van der Waals surface area contributed by atoms with E-state index >= 15 is 0 Å². The van der Waals surface area contributed by atoms with Crippen LogP contribution in [0.25, 0.3) is 10.2 Å². The summed E-state index contributed by atoms with van der Waals surface area (Å²) in [7, 11) is -3.49. The maximum atomic E-state index is 12.3. The smallest absolute Gasteiger partial charge is 0.240 e. The van der Waals surface area contributed by atoms with Gasteiger partial charge in [-0.25, -0.2) is 23.1 Å². The molecule has 0 saturated carbocycles. The lowest BCUT2D eigenvalue weighted by Gasteiger charge is -2.13. The molecule has 0 saturated heterocycles. The number of hydrogen-bond donors (Lipinski definition) is 2. The quantitative estimate of drug-likeness (QED) is 0.618. The van der Waals surface area contributed by atoms with Crippen molar-refractivity contribution in [3.8, 4) is 0 Å². The normalized spacial score (nSPS) is 14.3. The second-order valence-corrected chi connectivity index (χ2v) is 9.50. The summed E-state index contributed by atoms with van der Waals surface area (Å²) in [5, 5.41) is 4.43. The summed E-state index contributed by atoms with van der Waals surface area (Å²) < 4.78 is 27.2. The highest BCUT2D eigenvalue weighted by atomic mass is 32.2. The van der Waals surface area contributed by atoms with E-state index in [4.69, 9.17) is 0 Å². The summed E-state index contributed by atoms with van der Waals surface area (Å²) in [6.07, 6.45) is 4.61. The van der Waals surface area contributed by atoms with Crippen molar-refractivity contribution in [1.82, 2.24) is 14.7 Å². The van der Waals surface area contributed by atoms with Gasteiger partial charge in [-0.15, -0.1) is 11.3 Å². The number of nitrogens with one attached hydrogen (secondary N) is 2. The minimum absolute atomic E-state index is 0.275. The Kier molecular flexibility index (Phi) is 5.12. The molecule has 0 aliphatic heterocycles. The lowest BCUT2D eigenvalue weighted by atomic mass is 9.97. The Bertz CT molecular complexity index is 1060. The van der Waals surface area contributed by atoms with Gasteiger partial charge in [0.2, 0.25) is 10.0 Å². The Labute approximate surface area is 163 Å². The standard InChI is InChI=1S/C19H22N4O2S2/c1-13-22-18(17-15-9-5-6-10-16(15)26-19(17)23-13)20-11-12-21-27(24,25)14-7-3-2-4-8-14/h2-4,7-8,21H,5-6,9-12H2,1H3,(H,20,22,23). The second-order valence-electron chi connectivity index (χ2n) is 6.65. The van der Waals surface area contributed by atoms with Crippen molar-refractivity contribution in [3.05, 3.63) is 46.6 Å². The van der Waals surface area contributed by atoms with Crippen LogP contribution in [0.2, 0.25) is 0 Å². The Balaban J connectivity index is 1.49.